The molecule has 0 aliphatic rings. The van der Waals surface area contributed by atoms with Crippen molar-refractivity contribution in [2.45, 2.75) is 12.2 Å². The van der Waals surface area contributed by atoms with Gasteiger partial charge in [0, 0.05) is 22.3 Å². The molecule has 1 unspecified atom stereocenters. The van der Waals surface area contributed by atoms with Gasteiger partial charge in [0.15, 0.2) is 0 Å². The van der Waals surface area contributed by atoms with Gasteiger partial charge in [0.25, 0.3) is 0 Å². The van der Waals surface area contributed by atoms with Gasteiger partial charge in [0.2, 0.25) is 9.05 Å². The SMILES string of the molecule is CC(c1nccs1)S(=O)(=O)Cl. The Labute approximate surface area is 73.5 Å². The van der Waals surface area contributed by atoms with Gasteiger partial charge < -0.3 is 0 Å². The van der Waals surface area contributed by atoms with Crippen molar-refractivity contribution in [1.82, 2.24) is 4.98 Å². The molecule has 1 aromatic rings. The van der Waals surface area contributed by atoms with Crippen LogP contribution < -0.4 is 0 Å². The van der Waals surface area contributed by atoms with E-state index in [1.807, 2.05) is 0 Å². The summed E-state index contributed by atoms with van der Waals surface area (Å²) in [5.41, 5.74) is 0. The standard InChI is InChI=1S/C5H6ClNO2S2/c1-4(11(6,8)9)5-7-2-3-10-5/h2-4H,1H3. The second kappa shape index (κ2) is 3.08. The highest BCUT2D eigenvalue weighted by atomic mass is 35.7. The smallest absolute Gasteiger partial charge is 0.241 e. The summed E-state index contributed by atoms with van der Waals surface area (Å²) in [6, 6.07) is 0. The van der Waals surface area contributed by atoms with Crippen LogP contribution in [-0.4, -0.2) is 13.4 Å². The molecule has 0 bridgehead atoms. The third kappa shape index (κ3) is 2.15. The molecule has 0 aromatic carbocycles. The highest BCUT2D eigenvalue weighted by Gasteiger charge is 2.21. The Balaban J connectivity index is 2.97. The largest absolute Gasteiger partial charge is 0.248 e. The van der Waals surface area contributed by atoms with E-state index >= 15 is 0 Å². The summed E-state index contributed by atoms with van der Waals surface area (Å²) >= 11 is 1.28. The van der Waals surface area contributed by atoms with E-state index in [1.165, 1.54) is 18.3 Å². The van der Waals surface area contributed by atoms with Gasteiger partial charge in [0.05, 0.1) is 0 Å². The van der Waals surface area contributed by atoms with E-state index in [2.05, 4.69) is 4.98 Å². The minimum absolute atomic E-state index is 0.528. The quantitative estimate of drug-likeness (QED) is 0.701. The molecule has 3 nitrogen and oxygen atoms in total. The lowest BCUT2D eigenvalue weighted by Gasteiger charge is -2.00. The third-order valence-corrected chi connectivity index (χ3v) is 4.20. The summed E-state index contributed by atoms with van der Waals surface area (Å²) in [6.45, 7) is 1.52. The maximum atomic E-state index is 10.8. The first-order chi connectivity index (χ1) is 5.02. The van der Waals surface area contributed by atoms with Crippen molar-refractivity contribution in [3.8, 4) is 0 Å². The Hall–Kier alpha value is -0.130. The molecule has 0 radical (unpaired) electrons. The first-order valence-corrected chi connectivity index (χ1v) is 6.10. The number of rotatable bonds is 2. The second-order valence-corrected chi connectivity index (χ2v) is 5.86. The van der Waals surface area contributed by atoms with Crippen LogP contribution in [0.5, 0.6) is 0 Å². The summed E-state index contributed by atoms with van der Waals surface area (Å²) in [7, 11) is 1.61. The van der Waals surface area contributed by atoms with E-state index < -0.39 is 14.3 Å². The van der Waals surface area contributed by atoms with Gasteiger partial charge in [0.1, 0.15) is 10.3 Å². The monoisotopic (exact) mass is 211 g/mol. The molecule has 1 heterocycles. The van der Waals surface area contributed by atoms with Crippen LogP contribution in [0.15, 0.2) is 11.6 Å². The average Bonchev–Trinajstić information content (AvgIpc) is 2.34. The molecule has 1 atom stereocenters. The summed E-state index contributed by atoms with van der Waals surface area (Å²) in [4.78, 5) is 3.84. The summed E-state index contributed by atoms with van der Waals surface area (Å²) in [6.07, 6.45) is 1.55. The molecule has 1 rings (SSSR count). The summed E-state index contributed by atoms with van der Waals surface area (Å²) in [5.74, 6) is 0. The van der Waals surface area contributed by atoms with E-state index in [0.29, 0.717) is 5.01 Å². The number of nitrogens with zero attached hydrogens (tertiary/aromatic N) is 1. The Kier molecular flexibility index (Phi) is 2.51. The highest BCUT2D eigenvalue weighted by molar-refractivity contribution is 8.14. The van der Waals surface area contributed by atoms with Crippen LogP contribution in [0, 0.1) is 0 Å². The highest BCUT2D eigenvalue weighted by Crippen LogP contribution is 2.25. The maximum absolute atomic E-state index is 10.8. The van der Waals surface area contributed by atoms with Gasteiger partial charge in [-0.1, -0.05) is 0 Å². The van der Waals surface area contributed by atoms with Gasteiger partial charge in [-0.05, 0) is 6.92 Å². The van der Waals surface area contributed by atoms with Crippen molar-refractivity contribution in [2.24, 2.45) is 0 Å². The summed E-state index contributed by atoms with van der Waals surface area (Å²) < 4.78 is 21.5. The molecular formula is C5H6ClNO2S2. The topological polar surface area (TPSA) is 47.0 Å². The molecule has 0 saturated carbocycles. The van der Waals surface area contributed by atoms with Gasteiger partial charge in [-0.3, -0.25) is 0 Å². The van der Waals surface area contributed by atoms with Gasteiger partial charge >= 0.3 is 0 Å². The van der Waals surface area contributed by atoms with Crippen LogP contribution in [0.2, 0.25) is 0 Å². The van der Waals surface area contributed by atoms with Crippen molar-refractivity contribution in [3.05, 3.63) is 16.6 Å². The van der Waals surface area contributed by atoms with Crippen LogP contribution in [0.4, 0.5) is 0 Å². The number of halogens is 1. The van der Waals surface area contributed by atoms with Crippen molar-refractivity contribution >= 4 is 31.1 Å². The zero-order chi connectivity index (χ0) is 8.48. The van der Waals surface area contributed by atoms with Crippen molar-refractivity contribution in [1.29, 1.82) is 0 Å². The number of thiazole rings is 1. The lowest BCUT2D eigenvalue weighted by Crippen LogP contribution is -2.01. The predicted octanol–water partition coefficient (Wildman–Crippen LogP) is 1.77. The van der Waals surface area contributed by atoms with E-state index in [4.69, 9.17) is 10.7 Å². The maximum Gasteiger partial charge on any atom is 0.241 e. The van der Waals surface area contributed by atoms with Crippen molar-refractivity contribution in [2.75, 3.05) is 0 Å². The molecule has 6 heteroatoms. The zero-order valence-corrected chi connectivity index (χ0v) is 8.08. The van der Waals surface area contributed by atoms with Crippen LogP contribution in [-0.2, 0) is 9.05 Å². The molecule has 0 spiro atoms. The van der Waals surface area contributed by atoms with E-state index in [1.54, 1.807) is 11.6 Å². The first-order valence-electron chi connectivity index (χ1n) is 2.84. The predicted molar refractivity (Wildman–Crippen MR) is 45.3 cm³/mol. The number of aromatic nitrogens is 1. The zero-order valence-electron chi connectivity index (χ0n) is 5.69. The molecule has 1 aromatic heterocycles. The van der Waals surface area contributed by atoms with E-state index in [9.17, 15) is 8.42 Å². The first kappa shape index (κ1) is 8.96. The molecule has 0 aliphatic heterocycles. The lowest BCUT2D eigenvalue weighted by atomic mass is 10.5. The Bertz CT molecular complexity index is 318. The van der Waals surface area contributed by atoms with Crippen LogP contribution in [0.1, 0.15) is 17.2 Å². The second-order valence-electron chi connectivity index (χ2n) is 1.99. The minimum atomic E-state index is -3.51. The fourth-order valence-corrected chi connectivity index (χ4v) is 2.39. The van der Waals surface area contributed by atoms with Crippen LogP contribution >= 0.6 is 22.0 Å². The fraction of sp³-hybridized carbons (Fsp3) is 0.400. The Morgan fingerprint density at radius 2 is 2.36 bits per heavy atom. The molecule has 0 fully saturated rings. The Morgan fingerprint density at radius 1 is 1.73 bits per heavy atom. The van der Waals surface area contributed by atoms with E-state index in [-0.39, 0.29) is 0 Å². The van der Waals surface area contributed by atoms with Gasteiger partial charge in [-0.15, -0.1) is 11.3 Å². The fourth-order valence-electron chi connectivity index (χ4n) is 0.556. The number of hydrogen-bond donors (Lipinski definition) is 0. The van der Waals surface area contributed by atoms with Crippen molar-refractivity contribution < 1.29 is 8.42 Å². The van der Waals surface area contributed by atoms with Gasteiger partial charge in [-0.2, -0.15) is 0 Å². The molecule has 0 saturated heterocycles. The van der Waals surface area contributed by atoms with Crippen LogP contribution in [0.25, 0.3) is 0 Å². The average molecular weight is 212 g/mol. The van der Waals surface area contributed by atoms with Gasteiger partial charge in [-0.25, -0.2) is 13.4 Å². The molecule has 0 N–H and O–H groups in total. The lowest BCUT2D eigenvalue weighted by molar-refractivity contribution is 0.600. The summed E-state index contributed by atoms with van der Waals surface area (Å²) in [5, 5.41) is 1.54. The molecule has 0 amide bonds. The normalized spacial score (nSPS) is 14.7. The Morgan fingerprint density at radius 3 is 2.73 bits per heavy atom. The molecule has 11 heavy (non-hydrogen) atoms. The third-order valence-electron chi connectivity index (χ3n) is 1.22. The van der Waals surface area contributed by atoms with Crippen molar-refractivity contribution in [3.63, 3.8) is 0 Å². The molecule has 0 aliphatic carbocycles. The number of hydrogen-bond acceptors (Lipinski definition) is 4. The van der Waals surface area contributed by atoms with Crippen LogP contribution in [0.3, 0.4) is 0 Å². The van der Waals surface area contributed by atoms with E-state index in [0.717, 1.165) is 0 Å². The molecule has 62 valence electrons. The minimum Gasteiger partial charge on any atom is -0.248 e. The molecular weight excluding hydrogens is 206 g/mol.